The Labute approximate surface area is 175 Å². The first-order chi connectivity index (χ1) is 13.8. The Morgan fingerprint density at radius 1 is 1.10 bits per heavy atom. The molecule has 2 rings (SSSR count). The van der Waals surface area contributed by atoms with Gasteiger partial charge < -0.3 is 5.32 Å². The van der Waals surface area contributed by atoms with Crippen LogP contribution in [0.4, 0.5) is 18.9 Å². The number of rotatable bonds is 7. The summed E-state index contributed by atoms with van der Waals surface area (Å²) in [4.78, 5) is 12.8. The van der Waals surface area contributed by atoms with Crippen molar-refractivity contribution in [2.24, 2.45) is 0 Å². The SMILES string of the molecule is CCc1ccc([C@H](C)NC(=O)[C@H](C)N(c2cccc(C(F)(F)F)c2)S(C)(=O)=O)cc1. The van der Waals surface area contributed by atoms with Gasteiger partial charge in [0.15, 0.2) is 0 Å². The zero-order valence-corrected chi connectivity index (χ0v) is 18.0. The van der Waals surface area contributed by atoms with Gasteiger partial charge in [-0.1, -0.05) is 37.3 Å². The highest BCUT2D eigenvalue weighted by molar-refractivity contribution is 7.92. The molecule has 0 saturated heterocycles. The largest absolute Gasteiger partial charge is 0.416 e. The van der Waals surface area contributed by atoms with Gasteiger partial charge in [-0.2, -0.15) is 13.2 Å². The average Bonchev–Trinajstić information content (AvgIpc) is 2.66. The molecule has 2 aromatic carbocycles. The topological polar surface area (TPSA) is 66.5 Å². The Kier molecular flexibility index (Phi) is 7.18. The molecule has 2 atom stereocenters. The molecule has 0 aromatic heterocycles. The zero-order chi connectivity index (χ0) is 22.7. The quantitative estimate of drug-likeness (QED) is 0.695. The molecule has 5 nitrogen and oxygen atoms in total. The third-order valence-corrected chi connectivity index (χ3v) is 6.00. The second kappa shape index (κ2) is 9.07. The molecule has 164 valence electrons. The van der Waals surface area contributed by atoms with Crippen LogP contribution in [0.3, 0.4) is 0 Å². The monoisotopic (exact) mass is 442 g/mol. The van der Waals surface area contributed by atoms with Crippen molar-refractivity contribution in [1.29, 1.82) is 0 Å². The van der Waals surface area contributed by atoms with Gasteiger partial charge in [0, 0.05) is 0 Å². The Balaban J connectivity index is 2.28. The molecule has 0 bridgehead atoms. The number of aryl methyl sites for hydroxylation is 1. The van der Waals surface area contributed by atoms with E-state index in [9.17, 15) is 26.4 Å². The summed E-state index contributed by atoms with van der Waals surface area (Å²) < 4.78 is 64.5. The van der Waals surface area contributed by atoms with Crippen LogP contribution in [0.25, 0.3) is 0 Å². The lowest BCUT2D eigenvalue weighted by Gasteiger charge is -2.29. The molecule has 0 aliphatic rings. The predicted molar refractivity (Wildman–Crippen MR) is 111 cm³/mol. The van der Waals surface area contributed by atoms with E-state index < -0.39 is 39.8 Å². The Hall–Kier alpha value is -2.55. The van der Waals surface area contributed by atoms with E-state index in [2.05, 4.69) is 5.32 Å². The van der Waals surface area contributed by atoms with Crippen LogP contribution in [0.5, 0.6) is 0 Å². The highest BCUT2D eigenvalue weighted by atomic mass is 32.2. The maximum Gasteiger partial charge on any atom is 0.416 e. The minimum atomic E-state index is -4.64. The van der Waals surface area contributed by atoms with Gasteiger partial charge in [0.25, 0.3) is 0 Å². The minimum absolute atomic E-state index is 0.227. The van der Waals surface area contributed by atoms with Crippen LogP contribution in [-0.2, 0) is 27.4 Å². The van der Waals surface area contributed by atoms with Crippen LogP contribution < -0.4 is 9.62 Å². The summed E-state index contributed by atoms with van der Waals surface area (Å²) in [5.41, 5.74) is 0.747. The smallest absolute Gasteiger partial charge is 0.348 e. The Morgan fingerprint density at radius 3 is 2.20 bits per heavy atom. The zero-order valence-electron chi connectivity index (χ0n) is 17.2. The fourth-order valence-electron chi connectivity index (χ4n) is 3.09. The molecule has 9 heteroatoms. The Bertz CT molecular complexity index is 989. The number of sulfonamides is 1. The molecule has 0 fully saturated rings. The predicted octanol–water partition coefficient (Wildman–Crippen LogP) is 4.30. The third kappa shape index (κ3) is 5.75. The molecule has 1 N–H and O–H groups in total. The summed E-state index contributed by atoms with van der Waals surface area (Å²) in [6.07, 6.45) is -2.91. The molecule has 0 unspecified atom stereocenters. The van der Waals surface area contributed by atoms with E-state index in [0.717, 1.165) is 42.0 Å². The molecular weight excluding hydrogens is 417 g/mol. The molecule has 1 amide bonds. The van der Waals surface area contributed by atoms with Crippen molar-refractivity contribution in [3.8, 4) is 0 Å². The first-order valence-corrected chi connectivity index (χ1v) is 11.2. The van der Waals surface area contributed by atoms with Crippen LogP contribution in [0, 0.1) is 0 Å². The van der Waals surface area contributed by atoms with E-state index in [1.54, 1.807) is 6.92 Å². The summed E-state index contributed by atoms with van der Waals surface area (Å²) in [6.45, 7) is 5.11. The molecule has 0 radical (unpaired) electrons. The van der Waals surface area contributed by atoms with Crippen molar-refractivity contribution < 1.29 is 26.4 Å². The summed E-state index contributed by atoms with van der Waals surface area (Å²) in [5, 5.41) is 2.73. The number of amides is 1. The molecular formula is C21H25F3N2O3S. The number of hydrogen-bond donors (Lipinski definition) is 1. The van der Waals surface area contributed by atoms with Crippen molar-refractivity contribution in [3.63, 3.8) is 0 Å². The lowest BCUT2D eigenvalue weighted by atomic mass is 10.0. The van der Waals surface area contributed by atoms with Gasteiger partial charge in [0.2, 0.25) is 15.9 Å². The molecule has 30 heavy (non-hydrogen) atoms. The molecule has 0 saturated carbocycles. The minimum Gasteiger partial charge on any atom is -0.348 e. The lowest BCUT2D eigenvalue weighted by molar-refractivity contribution is -0.137. The van der Waals surface area contributed by atoms with Gasteiger partial charge in [0.05, 0.1) is 23.5 Å². The first-order valence-electron chi connectivity index (χ1n) is 9.40. The van der Waals surface area contributed by atoms with Gasteiger partial charge in [0.1, 0.15) is 6.04 Å². The van der Waals surface area contributed by atoms with Crippen molar-refractivity contribution >= 4 is 21.6 Å². The number of nitrogens with one attached hydrogen (secondary N) is 1. The normalized spacial score (nSPS) is 14.1. The number of hydrogen-bond acceptors (Lipinski definition) is 3. The van der Waals surface area contributed by atoms with E-state index >= 15 is 0 Å². The second-order valence-electron chi connectivity index (χ2n) is 7.11. The molecule has 0 spiro atoms. The Morgan fingerprint density at radius 2 is 1.70 bits per heavy atom. The standard InChI is InChI=1S/C21H25F3N2O3S/c1-5-16-9-11-17(12-10-16)14(2)25-20(27)15(3)26(30(4,28)29)19-8-6-7-18(13-19)21(22,23)24/h6-15H,5H2,1-4H3,(H,25,27)/t14-,15-/m0/s1. The van der Waals surface area contributed by atoms with Crippen LogP contribution in [0.15, 0.2) is 48.5 Å². The number of alkyl halides is 3. The van der Waals surface area contributed by atoms with Gasteiger partial charge in [-0.15, -0.1) is 0 Å². The lowest BCUT2D eigenvalue weighted by Crippen LogP contribution is -2.48. The number of benzene rings is 2. The van der Waals surface area contributed by atoms with Crippen LogP contribution in [0.1, 0.15) is 43.5 Å². The van der Waals surface area contributed by atoms with Crippen LogP contribution in [-0.4, -0.2) is 26.6 Å². The van der Waals surface area contributed by atoms with Crippen molar-refractivity contribution in [2.45, 2.75) is 45.5 Å². The number of carbonyl (C=O) groups is 1. The maximum atomic E-state index is 13.1. The van der Waals surface area contributed by atoms with E-state index in [1.165, 1.54) is 13.0 Å². The summed E-state index contributed by atoms with van der Waals surface area (Å²) in [7, 11) is -4.03. The summed E-state index contributed by atoms with van der Waals surface area (Å²) >= 11 is 0. The highest BCUT2D eigenvalue weighted by Gasteiger charge is 2.34. The van der Waals surface area contributed by atoms with E-state index in [0.29, 0.717) is 4.31 Å². The van der Waals surface area contributed by atoms with Crippen molar-refractivity contribution in [3.05, 3.63) is 65.2 Å². The summed E-state index contributed by atoms with van der Waals surface area (Å²) in [5.74, 6) is -0.620. The average molecular weight is 443 g/mol. The van der Waals surface area contributed by atoms with Crippen LogP contribution in [0.2, 0.25) is 0 Å². The molecule has 0 aliphatic heterocycles. The van der Waals surface area contributed by atoms with Crippen molar-refractivity contribution in [2.75, 3.05) is 10.6 Å². The van der Waals surface area contributed by atoms with E-state index in [-0.39, 0.29) is 5.69 Å². The number of carbonyl (C=O) groups excluding carboxylic acids is 1. The van der Waals surface area contributed by atoms with Gasteiger partial charge in [-0.25, -0.2) is 8.42 Å². The summed E-state index contributed by atoms with van der Waals surface area (Å²) in [6, 6.07) is 9.86. The molecule has 0 heterocycles. The fourth-order valence-corrected chi connectivity index (χ4v) is 4.25. The van der Waals surface area contributed by atoms with Gasteiger partial charge in [-0.3, -0.25) is 9.10 Å². The van der Waals surface area contributed by atoms with E-state index in [4.69, 9.17) is 0 Å². The molecule has 2 aromatic rings. The molecule has 0 aliphatic carbocycles. The highest BCUT2D eigenvalue weighted by Crippen LogP contribution is 2.33. The van der Waals surface area contributed by atoms with Gasteiger partial charge in [-0.05, 0) is 49.6 Å². The maximum absolute atomic E-state index is 13.1. The fraction of sp³-hybridized carbons (Fsp3) is 0.381. The van der Waals surface area contributed by atoms with Crippen molar-refractivity contribution in [1.82, 2.24) is 5.32 Å². The number of nitrogens with zero attached hydrogens (tertiary/aromatic N) is 1. The van der Waals surface area contributed by atoms with Crippen LogP contribution >= 0.6 is 0 Å². The van der Waals surface area contributed by atoms with Gasteiger partial charge >= 0.3 is 6.18 Å². The third-order valence-electron chi connectivity index (χ3n) is 4.76. The number of anilines is 1. The second-order valence-corrected chi connectivity index (χ2v) is 8.97. The van der Waals surface area contributed by atoms with E-state index in [1.807, 2.05) is 31.2 Å². The first kappa shape index (κ1) is 23.7. The number of halogens is 3.